The SMILES string of the molecule is Cc1c(-n2[nH]c(C(=O)O)cc2=O)cccc1[N+](=O)[O-]. The normalized spacial score (nSPS) is 10.4. The van der Waals surface area contributed by atoms with Crippen LogP contribution in [0.3, 0.4) is 0 Å². The monoisotopic (exact) mass is 263 g/mol. The summed E-state index contributed by atoms with van der Waals surface area (Å²) in [7, 11) is 0. The van der Waals surface area contributed by atoms with Crippen LogP contribution in [0.4, 0.5) is 5.69 Å². The van der Waals surface area contributed by atoms with E-state index in [0.29, 0.717) is 0 Å². The van der Waals surface area contributed by atoms with Gasteiger partial charge in [0.15, 0.2) is 0 Å². The molecule has 2 rings (SSSR count). The molecule has 19 heavy (non-hydrogen) atoms. The second kappa shape index (κ2) is 4.41. The van der Waals surface area contributed by atoms with Crippen molar-refractivity contribution in [2.24, 2.45) is 0 Å². The van der Waals surface area contributed by atoms with E-state index in [1.165, 1.54) is 25.1 Å². The van der Waals surface area contributed by atoms with Crippen LogP contribution in [0.1, 0.15) is 16.1 Å². The first kappa shape index (κ1) is 12.6. The van der Waals surface area contributed by atoms with E-state index in [-0.39, 0.29) is 22.6 Å². The first-order valence-corrected chi connectivity index (χ1v) is 5.21. The molecule has 0 fully saturated rings. The number of hydrogen-bond donors (Lipinski definition) is 2. The Labute approximate surface area is 106 Å². The summed E-state index contributed by atoms with van der Waals surface area (Å²) >= 11 is 0. The van der Waals surface area contributed by atoms with Crippen molar-refractivity contribution in [3.05, 3.63) is 56.0 Å². The van der Waals surface area contributed by atoms with Gasteiger partial charge in [-0.3, -0.25) is 20.0 Å². The molecule has 2 N–H and O–H groups in total. The fourth-order valence-corrected chi connectivity index (χ4v) is 1.74. The number of carbonyl (C=O) groups is 1. The summed E-state index contributed by atoms with van der Waals surface area (Å²) in [5, 5.41) is 22.0. The molecule has 0 spiro atoms. The molecule has 0 aliphatic carbocycles. The van der Waals surface area contributed by atoms with Crippen molar-refractivity contribution in [3.63, 3.8) is 0 Å². The van der Waals surface area contributed by atoms with Gasteiger partial charge in [-0.15, -0.1) is 0 Å². The Bertz CT molecular complexity index is 728. The Kier molecular flexibility index (Phi) is 2.91. The molecule has 0 unspecified atom stereocenters. The van der Waals surface area contributed by atoms with E-state index in [0.717, 1.165) is 10.7 Å². The lowest BCUT2D eigenvalue weighted by Crippen LogP contribution is -2.15. The minimum absolute atomic E-state index is 0.143. The summed E-state index contributed by atoms with van der Waals surface area (Å²) in [5.74, 6) is -1.28. The summed E-state index contributed by atoms with van der Waals surface area (Å²) in [6.45, 7) is 1.49. The highest BCUT2D eigenvalue weighted by atomic mass is 16.6. The molecule has 8 nitrogen and oxygen atoms in total. The molecule has 1 aromatic carbocycles. The Hall–Kier alpha value is -2.90. The van der Waals surface area contributed by atoms with Gasteiger partial charge in [-0.25, -0.2) is 9.48 Å². The first-order valence-electron chi connectivity index (χ1n) is 5.21. The van der Waals surface area contributed by atoms with E-state index in [9.17, 15) is 19.7 Å². The van der Waals surface area contributed by atoms with Crippen LogP contribution in [0.15, 0.2) is 29.1 Å². The van der Waals surface area contributed by atoms with Gasteiger partial charge in [0.1, 0.15) is 5.69 Å². The maximum Gasteiger partial charge on any atom is 0.353 e. The molecule has 8 heteroatoms. The van der Waals surface area contributed by atoms with Gasteiger partial charge in [0, 0.05) is 12.1 Å². The summed E-state index contributed by atoms with van der Waals surface area (Å²) in [5.41, 5.74) is -0.507. The fourth-order valence-electron chi connectivity index (χ4n) is 1.74. The van der Waals surface area contributed by atoms with E-state index in [4.69, 9.17) is 5.11 Å². The van der Waals surface area contributed by atoms with Crippen molar-refractivity contribution in [2.45, 2.75) is 6.92 Å². The Morgan fingerprint density at radius 2 is 2.16 bits per heavy atom. The zero-order valence-electron chi connectivity index (χ0n) is 9.78. The molecule has 2 aromatic rings. The van der Waals surface area contributed by atoms with Gasteiger partial charge in [0.05, 0.1) is 16.2 Å². The van der Waals surface area contributed by atoms with Gasteiger partial charge < -0.3 is 5.11 Å². The number of aromatic amines is 1. The number of nitro groups is 1. The summed E-state index contributed by atoms with van der Waals surface area (Å²) in [4.78, 5) is 32.7. The minimum Gasteiger partial charge on any atom is -0.477 e. The highest BCUT2D eigenvalue weighted by Crippen LogP contribution is 2.22. The average molecular weight is 263 g/mol. The number of nitrogens with one attached hydrogen (secondary N) is 1. The van der Waals surface area contributed by atoms with Crippen molar-refractivity contribution >= 4 is 11.7 Å². The Morgan fingerprint density at radius 1 is 1.47 bits per heavy atom. The molecule has 0 saturated heterocycles. The first-order chi connectivity index (χ1) is 8.91. The molecule has 0 amide bonds. The van der Waals surface area contributed by atoms with E-state index in [1.54, 1.807) is 0 Å². The zero-order valence-corrected chi connectivity index (χ0v) is 9.78. The van der Waals surface area contributed by atoms with Crippen LogP contribution in [-0.4, -0.2) is 25.8 Å². The quantitative estimate of drug-likeness (QED) is 0.634. The van der Waals surface area contributed by atoms with Crippen molar-refractivity contribution in [2.75, 3.05) is 0 Å². The van der Waals surface area contributed by atoms with Gasteiger partial charge in [-0.2, -0.15) is 0 Å². The van der Waals surface area contributed by atoms with Crippen LogP contribution in [0, 0.1) is 17.0 Å². The highest BCUT2D eigenvalue weighted by Gasteiger charge is 2.17. The number of nitro benzene ring substituents is 1. The smallest absolute Gasteiger partial charge is 0.353 e. The lowest BCUT2D eigenvalue weighted by Gasteiger charge is -2.06. The van der Waals surface area contributed by atoms with Crippen LogP contribution >= 0.6 is 0 Å². The summed E-state index contributed by atoms with van der Waals surface area (Å²) < 4.78 is 0.964. The van der Waals surface area contributed by atoms with E-state index in [1.807, 2.05) is 0 Å². The second-order valence-electron chi connectivity index (χ2n) is 3.83. The van der Waals surface area contributed by atoms with Crippen LogP contribution in [0.25, 0.3) is 5.69 Å². The molecule has 0 aliphatic rings. The molecule has 0 radical (unpaired) electrons. The van der Waals surface area contributed by atoms with Gasteiger partial charge >= 0.3 is 5.97 Å². The van der Waals surface area contributed by atoms with Gasteiger partial charge in [-0.1, -0.05) is 6.07 Å². The lowest BCUT2D eigenvalue weighted by atomic mass is 10.1. The van der Waals surface area contributed by atoms with Crippen molar-refractivity contribution in [1.29, 1.82) is 0 Å². The van der Waals surface area contributed by atoms with Crippen molar-refractivity contribution in [3.8, 4) is 5.69 Å². The second-order valence-corrected chi connectivity index (χ2v) is 3.83. The molecule has 0 atom stereocenters. The molecule has 0 saturated carbocycles. The standard InChI is InChI=1S/C11H9N3O5/c1-6-8(3-2-4-9(6)14(18)19)13-10(15)5-7(12-13)11(16)17/h2-5,12H,1H3,(H,16,17). The largest absolute Gasteiger partial charge is 0.477 e. The number of nitrogens with zero attached hydrogens (tertiary/aromatic N) is 2. The summed E-state index contributed by atoms with van der Waals surface area (Å²) in [6, 6.07) is 5.14. The van der Waals surface area contributed by atoms with E-state index < -0.39 is 16.5 Å². The topological polar surface area (TPSA) is 118 Å². The van der Waals surface area contributed by atoms with Crippen molar-refractivity contribution < 1.29 is 14.8 Å². The molecule has 1 aromatic heterocycles. The van der Waals surface area contributed by atoms with Gasteiger partial charge in [-0.05, 0) is 13.0 Å². The third-order valence-corrected chi connectivity index (χ3v) is 2.67. The van der Waals surface area contributed by atoms with Gasteiger partial charge in [0.2, 0.25) is 0 Å². The third kappa shape index (κ3) is 2.10. The number of benzene rings is 1. The molecule has 1 heterocycles. The zero-order chi connectivity index (χ0) is 14.2. The number of rotatable bonds is 3. The molecular formula is C11H9N3O5. The number of H-pyrrole nitrogens is 1. The number of aromatic nitrogens is 2. The lowest BCUT2D eigenvalue weighted by molar-refractivity contribution is -0.385. The van der Waals surface area contributed by atoms with Crippen LogP contribution in [0.2, 0.25) is 0 Å². The van der Waals surface area contributed by atoms with Crippen molar-refractivity contribution in [1.82, 2.24) is 9.78 Å². The Balaban J connectivity index is 2.66. The minimum atomic E-state index is -1.28. The Morgan fingerprint density at radius 3 is 2.68 bits per heavy atom. The maximum absolute atomic E-state index is 11.7. The highest BCUT2D eigenvalue weighted by molar-refractivity contribution is 5.85. The molecular weight excluding hydrogens is 254 g/mol. The maximum atomic E-state index is 11.7. The van der Waals surface area contributed by atoms with E-state index in [2.05, 4.69) is 5.10 Å². The van der Waals surface area contributed by atoms with Crippen LogP contribution < -0.4 is 5.56 Å². The average Bonchev–Trinajstić information content (AvgIpc) is 2.71. The van der Waals surface area contributed by atoms with Gasteiger partial charge in [0.25, 0.3) is 11.2 Å². The predicted molar refractivity (Wildman–Crippen MR) is 64.7 cm³/mol. The van der Waals surface area contributed by atoms with Crippen LogP contribution in [0.5, 0.6) is 0 Å². The number of hydrogen-bond acceptors (Lipinski definition) is 4. The number of carboxylic acid groups (broad SMARTS) is 1. The number of carboxylic acids is 1. The molecule has 0 bridgehead atoms. The molecule has 0 aliphatic heterocycles. The molecule has 98 valence electrons. The number of aromatic carboxylic acids is 1. The van der Waals surface area contributed by atoms with E-state index >= 15 is 0 Å². The van der Waals surface area contributed by atoms with Crippen LogP contribution in [-0.2, 0) is 0 Å². The fraction of sp³-hybridized carbons (Fsp3) is 0.0909. The predicted octanol–water partition coefficient (Wildman–Crippen LogP) is 1.08. The summed E-state index contributed by atoms with van der Waals surface area (Å²) in [6.07, 6.45) is 0. The third-order valence-electron chi connectivity index (χ3n) is 2.67.